The van der Waals surface area contributed by atoms with Gasteiger partial charge in [-0.1, -0.05) is 0 Å². The van der Waals surface area contributed by atoms with Gasteiger partial charge in [-0.15, -0.1) is 5.10 Å². The molecule has 4 rings (SSSR count). The van der Waals surface area contributed by atoms with E-state index in [-0.39, 0.29) is 5.92 Å². The van der Waals surface area contributed by atoms with Gasteiger partial charge < -0.3 is 14.7 Å². The number of aromatic nitrogens is 4. The summed E-state index contributed by atoms with van der Waals surface area (Å²) in [7, 11) is 2.14. The Morgan fingerprint density at radius 1 is 1.00 bits per heavy atom. The Morgan fingerprint density at radius 2 is 1.79 bits per heavy atom. The average molecular weight is 405 g/mol. The molecule has 1 amide bonds. The number of piperazine rings is 1. The topological polar surface area (TPSA) is 73.6 Å². The van der Waals surface area contributed by atoms with Gasteiger partial charge in [-0.05, 0) is 75.8 Å². The summed E-state index contributed by atoms with van der Waals surface area (Å²) in [6.45, 7) is 10.3. The summed E-state index contributed by atoms with van der Waals surface area (Å²) in [6.07, 6.45) is 7.44. The van der Waals surface area contributed by atoms with Gasteiger partial charge in [-0.25, -0.2) is 4.68 Å². The number of hydrogen-bond donors (Lipinski definition) is 0. The minimum atomic E-state index is 0.210. The number of tetrazole rings is 1. The van der Waals surface area contributed by atoms with Crippen molar-refractivity contribution in [1.29, 1.82) is 0 Å². The van der Waals surface area contributed by atoms with E-state index in [0.29, 0.717) is 11.9 Å². The van der Waals surface area contributed by atoms with Gasteiger partial charge in [-0.3, -0.25) is 9.69 Å². The molecule has 3 aliphatic heterocycles. The lowest BCUT2D eigenvalue weighted by Gasteiger charge is -2.43. The summed E-state index contributed by atoms with van der Waals surface area (Å²) >= 11 is 0. The summed E-state index contributed by atoms with van der Waals surface area (Å²) in [4.78, 5) is 22.6. The lowest BCUT2D eigenvalue weighted by molar-refractivity contribution is -0.139. The maximum absolute atomic E-state index is 13.0. The molecule has 0 radical (unpaired) electrons. The van der Waals surface area contributed by atoms with Crippen molar-refractivity contribution in [3.8, 4) is 0 Å². The molecule has 3 saturated heterocycles. The maximum Gasteiger partial charge on any atom is 0.227 e. The molecule has 1 aromatic heterocycles. The van der Waals surface area contributed by atoms with Crippen molar-refractivity contribution in [2.45, 2.75) is 44.7 Å². The number of likely N-dealkylation sites (N-methyl/N-ethyl adjacent to an activating group) is 1. The number of likely N-dealkylation sites (tertiary alicyclic amines) is 2. The van der Waals surface area contributed by atoms with E-state index in [1.807, 2.05) is 0 Å². The number of aryl methyl sites for hydroxylation is 1. The Morgan fingerprint density at radius 3 is 2.52 bits per heavy atom. The first kappa shape index (κ1) is 20.7. The number of rotatable bonds is 6. The second-order valence-electron chi connectivity index (χ2n) is 8.96. The molecule has 0 aliphatic carbocycles. The molecule has 29 heavy (non-hydrogen) atoms. The predicted molar refractivity (Wildman–Crippen MR) is 110 cm³/mol. The molecular weight excluding hydrogens is 368 g/mol. The first-order chi connectivity index (χ1) is 14.2. The minimum absolute atomic E-state index is 0.210. The highest BCUT2D eigenvalue weighted by molar-refractivity contribution is 5.79. The van der Waals surface area contributed by atoms with Crippen LogP contribution in [0.2, 0.25) is 0 Å². The summed E-state index contributed by atoms with van der Waals surface area (Å²) in [6, 6.07) is 0.647. The predicted octanol–water partition coefficient (Wildman–Crippen LogP) is 0.0136. The van der Waals surface area contributed by atoms with E-state index in [1.165, 1.54) is 12.8 Å². The average Bonchev–Trinajstić information content (AvgIpc) is 3.28. The van der Waals surface area contributed by atoms with Crippen LogP contribution < -0.4 is 0 Å². The van der Waals surface area contributed by atoms with E-state index < -0.39 is 0 Å². The van der Waals surface area contributed by atoms with Crippen LogP contribution in [0.3, 0.4) is 0 Å². The summed E-state index contributed by atoms with van der Waals surface area (Å²) in [5, 5.41) is 11.3. The normalized spacial score (nSPS) is 26.1. The van der Waals surface area contributed by atoms with Crippen molar-refractivity contribution in [3.05, 3.63) is 6.33 Å². The van der Waals surface area contributed by atoms with Gasteiger partial charge in [0.2, 0.25) is 5.91 Å². The molecule has 9 heteroatoms. The van der Waals surface area contributed by atoms with Gasteiger partial charge in [0, 0.05) is 45.3 Å². The SMILES string of the molecule is CN1CCN(C(=O)[C@@H]2CCCN(C3CCN(CCCn4cnnn4)CC3)C2)CC1. The Kier molecular flexibility index (Phi) is 7.10. The Hall–Kier alpha value is -1.58. The van der Waals surface area contributed by atoms with E-state index in [1.54, 1.807) is 11.0 Å². The van der Waals surface area contributed by atoms with Crippen LogP contribution in [0.1, 0.15) is 32.1 Å². The minimum Gasteiger partial charge on any atom is -0.340 e. The lowest BCUT2D eigenvalue weighted by Crippen LogP contribution is -2.54. The third-order valence-corrected chi connectivity index (χ3v) is 6.94. The smallest absolute Gasteiger partial charge is 0.227 e. The Labute approximate surface area is 174 Å². The number of carbonyl (C=O) groups is 1. The van der Waals surface area contributed by atoms with Crippen LogP contribution in [-0.2, 0) is 11.3 Å². The fourth-order valence-corrected chi connectivity index (χ4v) is 5.07. The zero-order valence-electron chi connectivity index (χ0n) is 17.8. The Balaban J connectivity index is 1.19. The summed E-state index contributed by atoms with van der Waals surface area (Å²) in [5.74, 6) is 0.615. The van der Waals surface area contributed by atoms with E-state index in [4.69, 9.17) is 0 Å². The fraction of sp³-hybridized carbons (Fsp3) is 0.900. The van der Waals surface area contributed by atoms with E-state index in [2.05, 4.69) is 42.2 Å². The van der Waals surface area contributed by atoms with Gasteiger partial charge in [0.1, 0.15) is 6.33 Å². The van der Waals surface area contributed by atoms with Crippen LogP contribution in [0.5, 0.6) is 0 Å². The fourth-order valence-electron chi connectivity index (χ4n) is 5.07. The second kappa shape index (κ2) is 9.95. The van der Waals surface area contributed by atoms with Crippen molar-refractivity contribution in [2.75, 3.05) is 66.0 Å². The zero-order chi connectivity index (χ0) is 20.1. The van der Waals surface area contributed by atoms with E-state index in [9.17, 15) is 4.79 Å². The van der Waals surface area contributed by atoms with Crippen LogP contribution in [0.4, 0.5) is 0 Å². The first-order valence-electron chi connectivity index (χ1n) is 11.3. The molecular formula is C20H36N8O. The second-order valence-corrected chi connectivity index (χ2v) is 8.96. The molecule has 162 valence electrons. The molecule has 0 unspecified atom stereocenters. The van der Waals surface area contributed by atoms with Crippen molar-refractivity contribution in [2.24, 2.45) is 5.92 Å². The number of piperidine rings is 2. The molecule has 0 N–H and O–H groups in total. The first-order valence-corrected chi connectivity index (χ1v) is 11.3. The van der Waals surface area contributed by atoms with E-state index >= 15 is 0 Å². The lowest BCUT2D eigenvalue weighted by atomic mass is 9.92. The highest BCUT2D eigenvalue weighted by Crippen LogP contribution is 2.25. The molecule has 3 fully saturated rings. The zero-order valence-corrected chi connectivity index (χ0v) is 17.8. The summed E-state index contributed by atoms with van der Waals surface area (Å²) < 4.78 is 1.80. The van der Waals surface area contributed by atoms with Gasteiger partial charge in [0.05, 0.1) is 5.92 Å². The van der Waals surface area contributed by atoms with Crippen LogP contribution in [0, 0.1) is 5.92 Å². The highest BCUT2D eigenvalue weighted by atomic mass is 16.2. The van der Waals surface area contributed by atoms with Crippen LogP contribution in [0.25, 0.3) is 0 Å². The molecule has 0 saturated carbocycles. The molecule has 0 spiro atoms. The standard InChI is InChI=1S/C20H36N8O/c1-24-12-14-26(15-13-24)20(29)18-4-2-8-27(16-18)19-5-10-25(11-6-19)7-3-9-28-17-21-22-23-28/h17-19H,2-16H2,1H3/t18-/m1/s1. The Bertz CT molecular complexity index is 622. The third kappa shape index (κ3) is 5.52. The third-order valence-electron chi connectivity index (χ3n) is 6.94. The van der Waals surface area contributed by atoms with Crippen LogP contribution in [0.15, 0.2) is 6.33 Å². The van der Waals surface area contributed by atoms with Gasteiger partial charge >= 0.3 is 0 Å². The molecule has 9 nitrogen and oxygen atoms in total. The largest absolute Gasteiger partial charge is 0.340 e. The molecule has 4 heterocycles. The van der Waals surface area contributed by atoms with Crippen molar-refractivity contribution >= 4 is 5.91 Å². The van der Waals surface area contributed by atoms with Crippen molar-refractivity contribution in [3.63, 3.8) is 0 Å². The van der Waals surface area contributed by atoms with Gasteiger partial charge in [-0.2, -0.15) is 0 Å². The number of amides is 1. The van der Waals surface area contributed by atoms with Gasteiger partial charge in [0.15, 0.2) is 0 Å². The quantitative estimate of drug-likeness (QED) is 0.661. The number of hydrogen-bond acceptors (Lipinski definition) is 7. The molecule has 1 aromatic rings. The molecule has 3 aliphatic rings. The van der Waals surface area contributed by atoms with Crippen LogP contribution >= 0.6 is 0 Å². The molecule has 0 aromatic carbocycles. The number of carbonyl (C=O) groups excluding carboxylic acids is 1. The highest BCUT2D eigenvalue weighted by Gasteiger charge is 2.34. The van der Waals surface area contributed by atoms with Crippen molar-refractivity contribution < 1.29 is 4.79 Å². The summed E-state index contributed by atoms with van der Waals surface area (Å²) in [5.41, 5.74) is 0. The molecule has 1 atom stereocenters. The van der Waals surface area contributed by atoms with E-state index in [0.717, 1.165) is 84.7 Å². The van der Waals surface area contributed by atoms with Gasteiger partial charge in [0.25, 0.3) is 0 Å². The van der Waals surface area contributed by atoms with Crippen LogP contribution in [-0.4, -0.2) is 118 Å². The molecule has 0 bridgehead atoms. The monoisotopic (exact) mass is 404 g/mol. The number of nitrogens with zero attached hydrogens (tertiary/aromatic N) is 8. The van der Waals surface area contributed by atoms with Crippen molar-refractivity contribution in [1.82, 2.24) is 39.8 Å². The maximum atomic E-state index is 13.0.